The smallest absolute Gasteiger partial charge is 0.0593 e. The van der Waals surface area contributed by atoms with Crippen LogP contribution in [0.1, 0.15) is 11.1 Å². The quantitative estimate of drug-likeness (QED) is 0.755. The van der Waals surface area contributed by atoms with Crippen LogP contribution in [0.3, 0.4) is 0 Å². The van der Waals surface area contributed by atoms with Gasteiger partial charge in [-0.1, -0.05) is 41.4 Å². The summed E-state index contributed by atoms with van der Waals surface area (Å²) in [6, 6.07) is 11.8. The van der Waals surface area contributed by atoms with E-state index in [1.165, 1.54) is 0 Å². The van der Waals surface area contributed by atoms with Gasteiger partial charge < -0.3 is 5.32 Å². The van der Waals surface area contributed by atoms with Crippen LogP contribution in [0.25, 0.3) is 0 Å². The average Bonchev–Trinajstić information content (AvgIpc) is 2.35. The number of rotatable bonds is 3. The Balaban J connectivity index is 2.11. The lowest BCUT2D eigenvalue weighted by atomic mass is 10.1. The molecule has 0 amide bonds. The van der Waals surface area contributed by atoms with E-state index in [1.807, 2.05) is 37.3 Å². The maximum Gasteiger partial charge on any atom is 0.0593 e. The summed E-state index contributed by atoms with van der Waals surface area (Å²) in [6.07, 6.45) is 0. The fourth-order valence-corrected chi connectivity index (χ4v) is 2.37. The van der Waals surface area contributed by atoms with Gasteiger partial charge in [-0.2, -0.15) is 0 Å². The Bertz CT molecular complexity index is 570. The van der Waals surface area contributed by atoms with Gasteiger partial charge in [-0.15, -0.1) is 0 Å². The molecule has 2 rings (SSSR count). The first-order chi connectivity index (χ1) is 8.58. The molecular weight excluding hydrogens is 333 g/mol. The summed E-state index contributed by atoms with van der Waals surface area (Å²) < 4.78 is 0.880. The highest BCUT2D eigenvalue weighted by Crippen LogP contribution is 2.30. The minimum atomic E-state index is 0.696. The maximum absolute atomic E-state index is 6.09. The molecule has 1 nitrogen and oxygen atoms in total. The second-order valence-electron chi connectivity index (χ2n) is 4.04. The minimum absolute atomic E-state index is 0.696. The third kappa shape index (κ3) is 3.19. The van der Waals surface area contributed by atoms with Crippen molar-refractivity contribution < 1.29 is 0 Å². The van der Waals surface area contributed by atoms with Crippen LogP contribution >= 0.6 is 39.1 Å². The Labute approximate surface area is 125 Å². The summed E-state index contributed by atoms with van der Waals surface area (Å²) in [5, 5.41) is 4.81. The number of hydrogen-bond acceptors (Lipinski definition) is 1. The van der Waals surface area contributed by atoms with E-state index in [4.69, 9.17) is 23.2 Å². The van der Waals surface area contributed by atoms with E-state index in [0.717, 1.165) is 26.3 Å². The third-order valence-corrected chi connectivity index (χ3v) is 4.48. The van der Waals surface area contributed by atoms with E-state index in [0.29, 0.717) is 11.6 Å². The average molecular weight is 345 g/mol. The molecule has 1 N–H and O–H groups in total. The molecule has 0 aromatic heterocycles. The fraction of sp³-hybridized carbons (Fsp3) is 0.143. The van der Waals surface area contributed by atoms with Crippen molar-refractivity contribution in [3.63, 3.8) is 0 Å². The molecule has 0 heterocycles. The Hall–Kier alpha value is -0.700. The molecule has 94 valence electrons. The van der Waals surface area contributed by atoms with Gasteiger partial charge in [0.2, 0.25) is 0 Å². The van der Waals surface area contributed by atoms with E-state index < -0.39 is 0 Å². The molecule has 2 aromatic carbocycles. The van der Waals surface area contributed by atoms with E-state index >= 15 is 0 Å². The van der Waals surface area contributed by atoms with Gasteiger partial charge in [0.05, 0.1) is 15.2 Å². The number of halogens is 3. The molecule has 2 aromatic rings. The Morgan fingerprint density at radius 2 is 1.89 bits per heavy atom. The molecule has 0 aliphatic heterocycles. The second-order valence-corrected chi connectivity index (χ2v) is 5.65. The molecule has 0 unspecified atom stereocenters. The first-order valence-electron chi connectivity index (χ1n) is 5.51. The molecule has 0 aliphatic rings. The van der Waals surface area contributed by atoms with Crippen LogP contribution in [0.4, 0.5) is 5.69 Å². The van der Waals surface area contributed by atoms with Crippen molar-refractivity contribution in [3.8, 4) is 0 Å². The number of nitrogens with one attached hydrogen (secondary N) is 1. The molecule has 0 fully saturated rings. The van der Waals surface area contributed by atoms with Gasteiger partial charge in [-0.3, -0.25) is 0 Å². The lowest BCUT2D eigenvalue weighted by Crippen LogP contribution is -2.00. The van der Waals surface area contributed by atoms with E-state index in [1.54, 1.807) is 0 Å². The monoisotopic (exact) mass is 343 g/mol. The lowest BCUT2D eigenvalue weighted by Gasteiger charge is -2.10. The molecule has 18 heavy (non-hydrogen) atoms. The highest BCUT2D eigenvalue weighted by Gasteiger charge is 2.04. The largest absolute Gasteiger partial charge is 0.380 e. The zero-order chi connectivity index (χ0) is 13.1. The number of benzene rings is 2. The van der Waals surface area contributed by atoms with Crippen molar-refractivity contribution in [2.24, 2.45) is 0 Å². The number of anilines is 1. The molecule has 0 bridgehead atoms. The highest BCUT2D eigenvalue weighted by molar-refractivity contribution is 9.10. The SMILES string of the molecule is Cc1ccc(CNc2cccc(Cl)c2Br)cc1Cl. The van der Waals surface area contributed by atoms with Crippen molar-refractivity contribution in [1.29, 1.82) is 0 Å². The van der Waals surface area contributed by atoms with Gasteiger partial charge in [0.25, 0.3) is 0 Å². The predicted molar refractivity (Wildman–Crippen MR) is 82.7 cm³/mol. The Morgan fingerprint density at radius 3 is 2.61 bits per heavy atom. The topological polar surface area (TPSA) is 12.0 Å². The third-order valence-electron chi connectivity index (χ3n) is 2.67. The normalized spacial score (nSPS) is 10.4. The summed E-state index contributed by atoms with van der Waals surface area (Å²) in [7, 11) is 0. The first-order valence-corrected chi connectivity index (χ1v) is 7.06. The van der Waals surface area contributed by atoms with Crippen molar-refractivity contribution in [2.45, 2.75) is 13.5 Å². The standard InChI is InChI=1S/C14H12BrCl2N/c1-9-5-6-10(7-12(9)17)8-18-13-4-2-3-11(16)14(13)15/h2-7,18H,8H2,1H3. The van der Waals surface area contributed by atoms with Gasteiger partial charge >= 0.3 is 0 Å². The van der Waals surface area contributed by atoms with E-state index in [-0.39, 0.29) is 0 Å². The van der Waals surface area contributed by atoms with Crippen molar-refractivity contribution in [3.05, 3.63) is 62.0 Å². The number of hydrogen-bond donors (Lipinski definition) is 1. The molecule has 0 saturated heterocycles. The van der Waals surface area contributed by atoms with Gasteiger partial charge in [0.1, 0.15) is 0 Å². The maximum atomic E-state index is 6.09. The summed E-state index contributed by atoms with van der Waals surface area (Å²) in [6.45, 7) is 2.70. The zero-order valence-corrected chi connectivity index (χ0v) is 12.9. The summed E-state index contributed by atoms with van der Waals surface area (Å²) in [5.74, 6) is 0. The van der Waals surface area contributed by atoms with Crippen molar-refractivity contribution in [2.75, 3.05) is 5.32 Å². The Morgan fingerprint density at radius 1 is 1.11 bits per heavy atom. The summed E-state index contributed by atoms with van der Waals surface area (Å²) >= 11 is 15.6. The van der Waals surface area contributed by atoms with Crippen molar-refractivity contribution >= 4 is 44.8 Å². The van der Waals surface area contributed by atoms with Crippen LogP contribution in [0.5, 0.6) is 0 Å². The summed E-state index contributed by atoms with van der Waals surface area (Å²) in [5.41, 5.74) is 3.20. The molecule has 0 spiro atoms. The molecule has 0 aliphatic carbocycles. The van der Waals surface area contributed by atoms with Gasteiger partial charge in [-0.05, 0) is 52.2 Å². The van der Waals surface area contributed by atoms with E-state index in [2.05, 4.69) is 27.3 Å². The first kappa shape index (κ1) is 13.7. The van der Waals surface area contributed by atoms with Crippen LogP contribution in [0, 0.1) is 6.92 Å². The summed E-state index contributed by atoms with van der Waals surface area (Å²) in [4.78, 5) is 0. The van der Waals surface area contributed by atoms with Crippen LogP contribution in [0.2, 0.25) is 10.0 Å². The Kier molecular flexibility index (Phi) is 4.55. The van der Waals surface area contributed by atoms with Crippen LogP contribution < -0.4 is 5.32 Å². The van der Waals surface area contributed by atoms with Gasteiger partial charge in [0, 0.05) is 11.6 Å². The van der Waals surface area contributed by atoms with Gasteiger partial charge in [0.15, 0.2) is 0 Å². The highest BCUT2D eigenvalue weighted by atomic mass is 79.9. The second kappa shape index (κ2) is 5.96. The van der Waals surface area contributed by atoms with Crippen LogP contribution in [0.15, 0.2) is 40.9 Å². The number of aryl methyl sites for hydroxylation is 1. The lowest BCUT2D eigenvalue weighted by molar-refractivity contribution is 1.14. The molecular formula is C14H12BrCl2N. The zero-order valence-electron chi connectivity index (χ0n) is 9.81. The fourth-order valence-electron chi connectivity index (χ4n) is 1.58. The van der Waals surface area contributed by atoms with Gasteiger partial charge in [-0.25, -0.2) is 0 Å². The van der Waals surface area contributed by atoms with Crippen LogP contribution in [-0.2, 0) is 6.54 Å². The van der Waals surface area contributed by atoms with Crippen molar-refractivity contribution in [1.82, 2.24) is 0 Å². The van der Waals surface area contributed by atoms with E-state index in [9.17, 15) is 0 Å². The molecule has 0 saturated carbocycles. The predicted octanol–water partition coefficient (Wildman–Crippen LogP) is 5.68. The minimum Gasteiger partial charge on any atom is -0.380 e. The molecule has 0 atom stereocenters. The molecule has 4 heteroatoms. The van der Waals surface area contributed by atoms with Crippen LogP contribution in [-0.4, -0.2) is 0 Å². The molecule has 0 radical (unpaired) electrons.